The lowest BCUT2D eigenvalue weighted by Gasteiger charge is -2.39. The SMILES string of the molecule is Cc1ccccc1N1CCN(C(C)C(=O)NC2CCC(C)CC2)CC1. The van der Waals surface area contributed by atoms with E-state index in [9.17, 15) is 4.79 Å². The molecule has 1 heterocycles. The van der Waals surface area contributed by atoms with Gasteiger partial charge in [0.1, 0.15) is 0 Å². The van der Waals surface area contributed by atoms with Crippen molar-refractivity contribution in [3.05, 3.63) is 29.8 Å². The Morgan fingerprint density at radius 3 is 2.36 bits per heavy atom. The summed E-state index contributed by atoms with van der Waals surface area (Å²) in [6, 6.07) is 8.93. The minimum absolute atomic E-state index is 0.0293. The molecule has 0 bridgehead atoms. The summed E-state index contributed by atoms with van der Waals surface area (Å²) in [7, 11) is 0. The van der Waals surface area contributed by atoms with Gasteiger partial charge in [0, 0.05) is 37.9 Å². The van der Waals surface area contributed by atoms with Gasteiger partial charge < -0.3 is 10.2 Å². The van der Waals surface area contributed by atoms with Gasteiger partial charge in [-0.15, -0.1) is 0 Å². The molecule has 1 saturated carbocycles. The predicted octanol–water partition coefficient (Wildman–Crippen LogP) is 3.20. The Balaban J connectivity index is 1.48. The third-order valence-electron chi connectivity index (χ3n) is 6.06. The Bertz CT molecular complexity index is 572. The fourth-order valence-electron chi connectivity index (χ4n) is 4.16. The van der Waals surface area contributed by atoms with E-state index in [1.54, 1.807) is 0 Å². The Labute approximate surface area is 152 Å². The molecule has 1 unspecified atom stereocenters. The number of benzene rings is 1. The van der Waals surface area contributed by atoms with E-state index in [0.717, 1.165) is 44.9 Å². The molecule has 1 aromatic carbocycles. The molecule has 2 fully saturated rings. The second-order valence-corrected chi connectivity index (χ2v) is 7.95. The summed E-state index contributed by atoms with van der Waals surface area (Å²) in [5, 5.41) is 3.29. The summed E-state index contributed by atoms with van der Waals surface area (Å²) < 4.78 is 0. The standard InChI is InChI=1S/C21H33N3O/c1-16-8-10-19(11-9-16)22-21(25)18(3)23-12-14-24(15-13-23)20-7-5-4-6-17(20)2/h4-7,16,18-19H,8-15H2,1-3H3,(H,22,25). The zero-order valence-corrected chi connectivity index (χ0v) is 16.0. The monoisotopic (exact) mass is 343 g/mol. The number of carbonyl (C=O) groups excluding carboxylic acids is 1. The molecule has 0 spiro atoms. The van der Waals surface area contributed by atoms with E-state index >= 15 is 0 Å². The lowest BCUT2D eigenvalue weighted by atomic mass is 9.87. The molecule has 0 aromatic heterocycles. The molecule has 0 radical (unpaired) electrons. The smallest absolute Gasteiger partial charge is 0.237 e. The van der Waals surface area contributed by atoms with Gasteiger partial charge in [0.2, 0.25) is 5.91 Å². The van der Waals surface area contributed by atoms with Gasteiger partial charge in [0.25, 0.3) is 0 Å². The van der Waals surface area contributed by atoms with Crippen molar-refractivity contribution in [1.29, 1.82) is 0 Å². The number of hydrogen-bond donors (Lipinski definition) is 1. The zero-order valence-electron chi connectivity index (χ0n) is 16.0. The Morgan fingerprint density at radius 1 is 1.08 bits per heavy atom. The van der Waals surface area contributed by atoms with Crippen molar-refractivity contribution in [2.45, 2.75) is 58.5 Å². The van der Waals surface area contributed by atoms with Gasteiger partial charge in [0.05, 0.1) is 6.04 Å². The highest BCUT2D eigenvalue weighted by atomic mass is 16.2. The molecule has 1 atom stereocenters. The van der Waals surface area contributed by atoms with E-state index in [4.69, 9.17) is 0 Å². The van der Waals surface area contributed by atoms with Crippen molar-refractivity contribution in [2.24, 2.45) is 5.92 Å². The van der Waals surface area contributed by atoms with Crippen LogP contribution in [0.2, 0.25) is 0 Å². The number of amides is 1. The number of nitrogens with one attached hydrogen (secondary N) is 1. The van der Waals surface area contributed by atoms with Crippen LogP contribution in [0.4, 0.5) is 5.69 Å². The van der Waals surface area contributed by atoms with Crippen molar-refractivity contribution >= 4 is 11.6 Å². The molecule has 1 aliphatic carbocycles. The average molecular weight is 344 g/mol. The van der Waals surface area contributed by atoms with Crippen molar-refractivity contribution in [3.8, 4) is 0 Å². The van der Waals surface area contributed by atoms with Gasteiger partial charge in [-0.3, -0.25) is 9.69 Å². The zero-order chi connectivity index (χ0) is 17.8. The quantitative estimate of drug-likeness (QED) is 0.912. The van der Waals surface area contributed by atoms with Crippen LogP contribution >= 0.6 is 0 Å². The number of aryl methyl sites for hydroxylation is 1. The van der Waals surface area contributed by atoms with Crippen LogP contribution in [0.5, 0.6) is 0 Å². The first-order valence-corrected chi connectivity index (χ1v) is 9.89. The molecule has 1 amide bonds. The lowest BCUT2D eigenvalue weighted by Crippen LogP contribution is -2.55. The van der Waals surface area contributed by atoms with E-state index in [1.165, 1.54) is 24.1 Å². The Hall–Kier alpha value is -1.55. The molecular weight excluding hydrogens is 310 g/mol. The number of piperazine rings is 1. The molecule has 25 heavy (non-hydrogen) atoms. The van der Waals surface area contributed by atoms with Crippen LogP contribution in [0.1, 0.15) is 45.1 Å². The fourth-order valence-corrected chi connectivity index (χ4v) is 4.16. The Morgan fingerprint density at radius 2 is 1.72 bits per heavy atom. The Kier molecular flexibility index (Phi) is 6.00. The lowest BCUT2D eigenvalue weighted by molar-refractivity contribution is -0.127. The topological polar surface area (TPSA) is 35.6 Å². The number of para-hydroxylation sites is 1. The van der Waals surface area contributed by atoms with Gasteiger partial charge in [-0.1, -0.05) is 25.1 Å². The van der Waals surface area contributed by atoms with Crippen LogP contribution in [-0.2, 0) is 4.79 Å². The van der Waals surface area contributed by atoms with Crippen molar-refractivity contribution in [1.82, 2.24) is 10.2 Å². The first-order valence-electron chi connectivity index (χ1n) is 9.89. The van der Waals surface area contributed by atoms with Crippen molar-refractivity contribution < 1.29 is 4.79 Å². The molecule has 1 saturated heterocycles. The normalized spacial score (nSPS) is 26.3. The molecule has 4 nitrogen and oxygen atoms in total. The van der Waals surface area contributed by atoms with Gasteiger partial charge in [-0.05, 0) is 57.1 Å². The van der Waals surface area contributed by atoms with Gasteiger partial charge in [0.15, 0.2) is 0 Å². The van der Waals surface area contributed by atoms with E-state index in [2.05, 4.69) is 60.2 Å². The largest absolute Gasteiger partial charge is 0.369 e. The molecule has 4 heteroatoms. The summed E-state index contributed by atoms with van der Waals surface area (Å²) in [6.07, 6.45) is 4.77. The highest BCUT2D eigenvalue weighted by Gasteiger charge is 2.28. The van der Waals surface area contributed by atoms with E-state index in [-0.39, 0.29) is 11.9 Å². The second kappa shape index (κ2) is 8.22. The molecule has 138 valence electrons. The molecule has 1 N–H and O–H groups in total. The molecule has 2 aliphatic rings. The van der Waals surface area contributed by atoms with Gasteiger partial charge >= 0.3 is 0 Å². The highest BCUT2D eigenvalue weighted by Crippen LogP contribution is 2.24. The highest BCUT2D eigenvalue weighted by molar-refractivity contribution is 5.81. The van der Waals surface area contributed by atoms with Crippen LogP contribution in [0.15, 0.2) is 24.3 Å². The molecule has 3 rings (SSSR count). The van der Waals surface area contributed by atoms with Crippen LogP contribution in [0.3, 0.4) is 0 Å². The summed E-state index contributed by atoms with van der Waals surface area (Å²) >= 11 is 0. The van der Waals surface area contributed by atoms with Crippen molar-refractivity contribution in [2.75, 3.05) is 31.1 Å². The van der Waals surface area contributed by atoms with E-state index in [1.807, 2.05) is 0 Å². The molecule has 1 aromatic rings. The molecular formula is C21H33N3O. The maximum Gasteiger partial charge on any atom is 0.237 e. The van der Waals surface area contributed by atoms with E-state index < -0.39 is 0 Å². The summed E-state index contributed by atoms with van der Waals surface area (Å²) in [4.78, 5) is 17.4. The average Bonchev–Trinajstić information content (AvgIpc) is 2.63. The first kappa shape index (κ1) is 18.2. The summed E-state index contributed by atoms with van der Waals surface area (Å²) in [5.41, 5.74) is 2.66. The maximum atomic E-state index is 12.6. The summed E-state index contributed by atoms with van der Waals surface area (Å²) in [5.74, 6) is 1.03. The fraction of sp³-hybridized carbons (Fsp3) is 0.667. The molecule has 1 aliphatic heterocycles. The predicted molar refractivity (Wildman–Crippen MR) is 104 cm³/mol. The number of nitrogens with zero attached hydrogens (tertiary/aromatic N) is 2. The van der Waals surface area contributed by atoms with Crippen LogP contribution < -0.4 is 10.2 Å². The number of anilines is 1. The minimum Gasteiger partial charge on any atom is -0.369 e. The van der Waals surface area contributed by atoms with E-state index in [0.29, 0.717) is 6.04 Å². The number of rotatable bonds is 4. The third-order valence-corrected chi connectivity index (χ3v) is 6.06. The number of hydrogen-bond acceptors (Lipinski definition) is 3. The van der Waals surface area contributed by atoms with Gasteiger partial charge in [-0.25, -0.2) is 0 Å². The maximum absolute atomic E-state index is 12.6. The number of carbonyl (C=O) groups is 1. The van der Waals surface area contributed by atoms with Crippen LogP contribution in [0.25, 0.3) is 0 Å². The first-order chi connectivity index (χ1) is 12.0. The van der Waals surface area contributed by atoms with Crippen molar-refractivity contribution in [3.63, 3.8) is 0 Å². The summed E-state index contributed by atoms with van der Waals surface area (Å²) in [6.45, 7) is 10.4. The third kappa shape index (κ3) is 4.55. The second-order valence-electron chi connectivity index (χ2n) is 7.95. The van der Waals surface area contributed by atoms with Crippen LogP contribution in [0, 0.1) is 12.8 Å². The minimum atomic E-state index is -0.0293. The van der Waals surface area contributed by atoms with Crippen LogP contribution in [-0.4, -0.2) is 49.1 Å². The van der Waals surface area contributed by atoms with Gasteiger partial charge in [-0.2, -0.15) is 0 Å².